The highest BCUT2D eigenvalue weighted by Crippen LogP contribution is 2.23. The monoisotopic (exact) mass is 291 g/mol. The number of aromatic nitrogens is 2. The molecule has 1 rings (SSSR count). The van der Waals surface area contributed by atoms with Gasteiger partial charge in [0.05, 0.1) is 11.4 Å². The van der Waals surface area contributed by atoms with Gasteiger partial charge in [-0.05, 0) is 44.9 Å². The molecule has 0 saturated heterocycles. The molecular formula is C18H33N3. The third-order valence-electron chi connectivity index (χ3n) is 4.00. The van der Waals surface area contributed by atoms with Crippen LogP contribution in [-0.4, -0.2) is 16.7 Å². The average Bonchev–Trinajstić information content (AvgIpc) is 2.48. The van der Waals surface area contributed by atoms with Crippen molar-refractivity contribution in [3.8, 4) is 0 Å². The molecule has 0 aliphatic heterocycles. The molecule has 0 aliphatic carbocycles. The summed E-state index contributed by atoms with van der Waals surface area (Å²) in [7, 11) is 0. The quantitative estimate of drug-likeness (QED) is 0.590. The van der Waals surface area contributed by atoms with E-state index in [-0.39, 0.29) is 0 Å². The Hall–Kier alpha value is -0.960. The molecule has 1 aromatic heterocycles. The molecule has 0 radical (unpaired) electrons. The van der Waals surface area contributed by atoms with Gasteiger partial charge in [0.25, 0.3) is 0 Å². The van der Waals surface area contributed by atoms with Crippen LogP contribution in [0.15, 0.2) is 6.07 Å². The van der Waals surface area contributed by atoms with Gasteiger partial charge in [-0.3, -0.25) is 0 Å². The minimum Gasteiger partial charge on any atom is -0.310 e. The molecule has 1 unspecified atom stereocenters. The zero-order valence-electron chi connectivity index (χ0n) is 14.4. The van der Waals surface area contributed by atoms with E-state index in [4.69, 9.17) is 0 Å². The van der Waals surface area contributed by atoms with E-state index in [0.29, 0.717) is 6.04 Å². The molecule has 1 N–H and O–H groups in total. The largest absolute Gasteiger partial charge is 0.310 e. The zero-order valence-corrected chi connectivity index (χ0v) is 14.4. The smallest absolute Gasteiger partial charge is 0.0648 e. The number of aryl methyl sites for hydroxylation is 2. The van der Waals surface area contributed by atoms with Crippen molar-refractivity contribution in [1.29, 1.82) is 0 Å². The number of rotatable bonds is 11. The topological polar surface area (TPSA) is 37.8 Å². The van der Waals surface area contributed by atoms with Gasteiger partial charge in [0.15, 0.2) is 0 Å². The van der Waals surface area contributed by atoms with E-state index < -0.39 is 0 Å². The summed E-state index contributed by atoms with van der Waals surface area (Å²) in [5.41, 5.74) is 3.42. The van der Waals surface area contributed by atoms with Gasteiger partial charge in [0, 0.05) is 6.04 Å². The van der Waals surface area contributed by atoms with Crippen molar-refractivity contribution in [3.05, 3.63) is 23.0 Å². The van der Waals surface area contributed by atoms with E-state index in [1.165, 1.54) is 56.9 Å². The van der Waals surface area contributed by atoms with Crippen LogP contribution < -0.4 is 5.32 Å². The number of unbranched alkanes of at least 4 members (excludes halogenated alkanes) is 5. The van der Waals surface area contributed by atoms with Crippen LogP contribution in [0.5, 0.6) is 0 Å². The Morgan fingerprint density at radius 3 is 2.38 bits per heavy atom. The molecule has 0 fully saturated rings. The summed E-state index contributed by atoms with van der Waals surface area (Å²) in [6, 6.07) is 2.64. The minimum absolute atomic E-state index is 0.435. The number of nitrogens with zero attached hydrogens (tertiary/aromatic N) is 2. The van der Waals surface area contributed by atoms with E-state index in [1.807, 2.05) is 6.92 Å². The molecule has 0 bridgehead atoms. The van der Waals surface area contributed by atoms with Gasteiger partial charge in [-0.2, -0.15) is 10.2 Å². The first kappa shape index (κ1) is 18.1. The summed E-state index contributed by atoms with van der Waals surface area (Å²) in [4.78, 5) is 0. The molecule has 0 spiro atoms. The van der Waals surface area contributed by atoms with Crippen molar-refractivity contribution >= 4 is 0 Å². The molecular weight excluding hydrogens is 258 g/mol. The number of nitrogens with one attached hydrogen (secondary N) is 1. The van der Waals surface area contributed by atoms with Gasteiger partial charge < -0.3 is 5.32 Å². The summed E-state index contributed by atoms with van der Waals surface area (Å²) in [5.74, 6) is 0. The number of hydrogen-bond donors (Lipinski definition) is 1. The van der Waals surface area contributed by atoms with Crippen LogP contribution in [0, 0.1) is 13.8 Å². The lowest BCUT2D eigenvalue weighted by Gasteiger charge is -2.20. The molecule has 3 heteroatoms. The fourth-order valence-corrected chi connectivity index (χ4v) is 2.74. The standard InChI is InChI=1S/C18H33N3/c1-5-7-8-9-10-11-12-18(19-13-6-2)17-14-15(3)20-21-16(17)4/h14,18-19H,5-13H2,1-4H3. The lowest BCUT2D eigenvalue weighted by atomic mass is 9.98. The second-order valence-corrected chi connectivity index (χ2v) is 6.09. The highest BCUT2D eigenvalue weighted by atomic mass is 15.1. The number of hydrogen-bond acceptors (Lipinski definition) is 3. The van der Waals surface area contributed by atoms with Crippen LogP contribution in [0.25, 0.3) is 0 Å². The molecule has 1 heterocycles. The minimum atomic E-state index is 0.435. The fourth-order valence-electron chi connectivity index (χ4n) is 2.74. The predicted molar refractivity (Wildman–Crippen MR) is 90.5 cm³/mol. The maximum absolute atomic E-state index is 4.29. The van der Waals surface area contributed by atoms with Crippen LogP contribution in [-0.2, 0) is 0 Å². The van der Waals surface area contributed by atoms with Crippen LogP contribution in [0.2, 0.25) is 0 Å². The fraction of sp³-hybridized carbons (Fsp3) is 0.778. The average molecular weight is 291 g/mol. The lowest BCUT2D eigenvalue weighted by molar-refractivity contribution is 0.462. The molecule has 120 valence electrons. The summed E-state index contributed by atoms with van der Waals surface area (Å²) in [6.45, 7) is 9.66. The van der Waals surface area contributed by atoms with Gasteiger partial charge in [-0.15, -0.1) is 0 Å². The highest BCUT2D eigenvalue weighted by Gasteiger charge is 2.14. The van der Waals surface area contributed by atoms with Gasteiger partial charge in [-0.1, -0.05) is 52.4 Å². The van der Waals surface area contributed by atoms with Gasteiger partial charge in [-0.25, -0.2) is 0 Å². The van der Waals surface area contributed by atoms with E-state index in [1.54, 1.807) is 0 Å². The van der Waals surface area contributed by atoms with Crippen molar-refractivity contribution in [2.75, 3.05) is 6.54 Å². The van der Waals surface area contributed by atoms with Crippen molar-refractivity contribution in [1.82, 2.24) is 15.5 Å². The summed E-state index contributed by atoms with van der Waals surface area (Å²) in [6.07, 6.45) is 10.5. The first-order valence-electron chi connectivity index (χ1n) is 8.73. The molecule has 3 nitrogen and oxygen atoms in total. The molecule has 0 aromatic carbocycles. The highest BCUT2D eigenvalue weighted by molar-refractivity contribution is 5.23. The second-order valence-electron chi connectivity index (χ2n) is 6.09. The third-order valence-corrected chi connectivity index (χ3v) is 4.00. The molecule has 21 heavy (non-hydrogen) atoms. The van der Waals surface area contributed by atoms with Crippen molar-refractivity contribution in [2.45, 2.75) is 85.1 Å². The van der Waals surface area contributed by atoms with Crippen LogP contribution in [0.4, 0.5) is 0 Å². The Bertz CT molecular complexity index is 390. The van der Waals surface area contributed by atoms with Crippen molar-refractivity contribution < 1.29 is 0 Å². The Kier molecular flexibility index (Phi) is 9.24. The lowest BCUT2D eigenvalue weighted by Crippen LogP contribution is -2.23. The molecule has 1 aromatic rings. The maximum Gasteiger partial charge on any atom is 0.0648 e. The Morgan fingerprint density at radius 2 is 1.67 bits per heavy atom. The van der Waals surface area contributed by atoms with Gasteiger partial charge >= 0.3 is 0 Å². The summed E-state index contributed by atoms with van der Waals surface area (Å²) in [5, 5.41) is 12.1. The third kappa shape index (κ3) is 7.03. The van der Waals surface area contributed by atoms with E-state index in [2.05, 4.69) is 42.4 Å². The second kappa shape index (κ2) is 10.7. The molecule has 0 saturated carbocycles. The van der Waals surface area contributed by atoms with E-state index >= 15 is 0 Å². The Balaban J connectivity index is 2.52. The molecule has 0 aliphatic rings. The summed E-state index contributed by atoms with van der Waals surface area (Å²) < 4.78 is 0. The van der Waals surface area contributed by atoms with E-state index in [9.17, 15) is 0 Å². The SMILES string of the molecule is CCCCCCCCC(NCCC)c1cc(C)nnc1C. The zero-order chi connectivity index (χ0) is 15.5. The summed E-state index contributed by atoms with van der Waals surface area (Å²) >= 11 is 0. The van der Waals surface area contributed by atoms with Crippen LogP contribution >= 0.6 is 0 Å². The van der Waals surface area contributed by atoms with E-state index in [0.717, 1.165) is 17.9 Å². The van der Waals surface area contributed by atoms with Crippen molar-refractivity contribution in [2.24, 2.45) is 0 Å². The van der Waals surface area contributed by atoms with Crippen LogP contribution in [0.3, 0.4) is 0 Å². The predicted octanol–water partition coefficient (Wildman–Crippen LogP) is 4.88. The van der Waals surface area contributed by atoms with Crippen molar-refractivity contribution in [3.63, 3.8) is 0 Å². The van der Waals surface area contributed by atoms with Gasteiger partial charge in [0.1, 0.15) is 0 Å². The maximum atomic E-state index is 4.29. The Morgan fingerprint density at radius 1 is 0.952 bits per heavy atom. The first-order chi connectivity index (χ1) is 10.2. The Labute approximate surface area is 130 Å². The molecule has 1 atom stereocenters. The normalized spacial score (nSPS) is 12.6. The molecule has 0 amide bonds. The first-order valence-corrected chi connectivity index (χ1v) is 8.73. The van der Waals surface area contributed by atoms with Crippen LogP contribution in [0.1, 0.15) is 88.2 Å². The van der Waals surface area contributed by atoms with Gasteiger partial charge in [0.2, 0.25) is 0 Å².